The van der Waals surface area contributed by atoms with Gasteiger partial charge >= 0.3 is 29.6 Å². The SMILES string of the molecule is C=C(NCc1cc2cc(Cl)c(-c3ccc([CH2-])c(F)n3)cc2[nH]1)C(C)CC.[Na+]. The smallest absolute Gasteiger partial charge is 0.383 e. The third kappa shape index (κ3) is 4.88. The van der Waals surface area contributed by atoms with E-state index in [1.807, 2.05) is 12.1 Å². The minimum absolute atomic E-state index is 0. The van der Waals surface area contributed by atoms with E-state index in [0.717, 1.165) is 28.7 Å². The van der Waals surface area contributed by atoms with Crippen molar-refractivity contribution >= 4 is 22.5 Å². The molecular weight excluding hydrogens is 372 g/mol. The van der Waals surface area contributed by atoms with Crippen LogP contribution in [0.4, 0.5) is 4.39 Å². The number of halogens is 2. The van der Waals surface area contributed by atoms with E-state index in [2.05, 4.69) is 48.7 Å². The second-order valence-electron chi connectivity index (χ2n) is 6.55. The molecule has 1 aromatic carbocycles. The fourth-order valence-electron chi connectivity index (χ4n) is 2.75. The molecule has 0 aliphatic carbocycles. The molecule has 3 rings (SSSR count). The summed E-state index contributed by atoms with van der Waals surface area (Å²) < 4.78 is 13.7. The van der Waals surface area contributed by atoms with E-state index in [0.29, 0.717) is 28.7 Å². The second-order valence-corrected chi connectivity index (χ2v) is 6.96. The van der Waals surface area contributed by atoms with Crippen LogP contribution in [0, 0.1) is 18.8 Å². The molecule has 0 saturated heterocycles. The number of nitrogens with one attached hydrogen (secondary N) is 2. The van der Waals surface area contributed by atoms with Gasteiger partial charge < -0.3 is 10.3 Å². The monoisotopic (exact) mass is 393 g/mol. The van der Waals surface area contributed by atoms with Gasteiger partial charge in [-0.25, -0.2) is 0 Å². The quantitative estimate of drug-likeness (QED) is 0.384. The molecule has 2 N–H and O–H groups in total. The van der Waals surface area contributed by atoms with E-state index in [9.17, 15) is 4.39 Å². The van der Waals surface area contributed by atoms with E-state index < -0.39 is 5.95 Å². The number of hydrogen-bond acceptors (Lipinski definition) is 2. The molecule has 0 amide bonds. The molecule has 3 nitrogen and oxygen atoms in total. The summed E-state index contributed by atoms with van der Waals surface area (Å²) in [6, 6.07) is 9.14. The molecule has 3 aromatic rings. The van der Waals surface area contributed by atoms with Gasteiger partial charge in [-0.15, -0.1) is 5.56 Å². The van der Waals surface area contributed by atoms with Gasteiger partial charge in [-0.3, -0.25) is 9.37 Å². The number of nitrogens with zero attached hydrogens (tertiary/aromatic N) is 1. The molecule has 0 saturated carbocycles. The summed E-state index contributed by atoms with van der Waals surface area (Å²) in [4.78, 5) is 7.33. The van der Waals surface area contributed by atoms with Crippen LogP contribution in [0.25, 0.3) is 22.2 Å². The predicted molar refractivity (Wildman–Crippen MR) is 106 cm³/mol. The molecule has 0 spiro atoms. The van der Waals surface area contributed by atoms with Gasteiger partial charge in [0.2, 0.25) is 0 Å². The Labute approximate surface area is 186 Å². The number of fused-ring (bicyclic) bond motifs is 1. The number of rotatable bonds is 6. The molecule has 27 heavy (non-hydrogen) atoms. The first-order chi connectivity index (χ1) is 12.4. The van der Waals surface area contributed by atoms with Crippen molar-refractivity contribution in [2.45, 2.75) is 26.8 Å². The number of aromatic nitrogens is 2. The van der Waals surface area contributed by atoms with Crippen molar-refractivity contribution in [2.75, 3.05) is 0 Å². The first-order valence-electron chi connectivity index (χ1n) is 8.61. The van der Waals surface area contributed by atoms with Crippen molar-refractivity contribution in [3.63, 3.8) is 0 Å². The van der Waals surface area contributed by atoms with Crippen molar-refractivity contribution in [1.29, 1.82) is 0 Å². The Kier molecular flexibility index (Phi) is 7.40. The predicted octanol–water partition coefficient (Wildman–Crippen LogP) is 2.86. The Bertz CT molecular complexity index is 967. The van der Waals surface area contributed by atoms with Gasteiger partial charge in [-0.05, 0) is 30.5 Å². The molecule has 2 aromatic heterocycles. The average molecular weight is 394 g/mol. The molecule has 2 heterocycles. The van der Waals surface area contributed by atoms with Crippen molar-refractivity contribution < 1.29 is 33.9 Å². The Morgan fingerprint density at radius 1 is 1.37 bits per heavy atom. The largest absolute Gasteiger partial charge is 1.00 e. The second kappa shape index (κ2) is 9.16. The van der Waals surface area contributed by atoms with Gasteiger partial charge in [0.1, 0.15) is 5.95 Å². The standard InChI is InChI=1S/C21H22ClFN3.Na/c1-5-12(2)14(4)24-11-16-8-15-9-18(22)17(10-20(15)25-16)19-7-6-13(3)21(23)26-19;/h6-10,12,24-25H,3-5,11H2,1-2H3;/q-1;+1. The zero-order valence-electron chi connectivity index (χ0n) is 16.0. The number of aromatic amines is 1. The summed E-state index contributed by atoms with van der Waals surface area (Å²) >= 11 is 6.41. The van der Waals surface area contributed by atoms with Crippen LogP contribution >= 0.6 is 11.6 Å². The summed E-state index contributed by atoms with van der Waals surface area (Å²) in [6.07, 6.45) is 1.05. The van der Waals surface area contributed by atoms with Gasteiger partial charge in [-0.2, -0.15) is 13.0 Å². The van der Waals surface area contributed by atoms with Crippen LogP contribution in [-0.4, -0.2) is 9.97 Å². The summed E-state index contributed by atoms with van der Waals surface area (Å²) in [5.74, 6) is -0.156. The van der Waals surface area contributed by atoms with E-state index in [-0.39, 0.29) is 35.1 Å². The van der Waals surface area contributed by atoms with Crippen LogP contribution in [0.5, 0.6) is 0 Å². The van der Waals surface area contributed by atoms with Crippen LogP contribution in [0.2, 0.25) is 5.02 Å². The van der Waals surface area contributed by atoms with Crippen LogP contribution in [0.15, 0.2) is 42.6 Å². The Balaban J connectivity index is 0.00000261. The maximum Gasteiger partial charge on any atom is 1.00 e. The van der Waals surface area contributed by atoms with Crippen LogP contribution in [0.3, 0.4) is 0 Å². The average Bonchev–Trinajstić information content (AvgIpc) is 3.02. The van der Waals surface area contributed by atoms with Crippen LogP contribution in [0.1, 0.15) is 31.5 Å². The van der Waals surface area contributed by atoms with Gasteiger partial charge in [-0.1, -0.05) is 38.1 Å². The van der Waals surface area contributed by atoms with Gasteiger partial charge in [0.05, 0.1) is 11.6 Å². The number of pyridine rings is 1. The minimum Gasteiger partial charge on any atom is -0.383 e. The fraction of sp³-hybridized carbons (Fsp3) is 0.238. The summed E-state index contributed by atoms with van der Waals surface area (Å²) in [6.45, 7) is 12.6. The van der Waals surface area contributed by atoms with Crippen LogP contribution < -0.4 is 34.9 Å². The molecule has 1 atom stereocenters. The van der Waals surface area contributed by atoms with Crippen molar-refractivity contribution in [3.05, 3.63) is 71.8 Å². The topological polar surface area (TPSA) is 40.7 Å². The van der Waals surface area contributed by atoms with E-state index in [1.54, 1.807) is 12.1 Å². The Morgan fingerprint density at radius 3 is 2.78 bits per heavy atom. The van der Waals surface area contributed by atoms with Gasteiger partial charge in [0.25, 0.3) is 0 Å². The van der Waals surface area contributed by atoms with Crippen molar-refractivity contribution in [2.24, 2.45) is 5.92 Å². The van der Waals surface area contributed by atoms with E-state index in [4.69, 9.17) is 11.6 Å². The molecule has 0 radical (unpaired) electrons. The molecule has 0 aliphatic heterocycles. The third-order valence-electron chi connectivity index (χ3n) is 4.68. The zero-order valence-corrected chi connectivity index (χ0v) is 18.8. The first-order valence-corrected chi connectivity index (χ1v) is 8.99. The number of hydrogen-bond donors (Lipinski definition) is 2. The summed E-state index contributed by atoms with van der Waals surface area (Å²) in [7, 11) is 0. The molecule has 0 aliphatic rings. The number of benzene rings is 1. The third-order valence-corrected chi connectivity index (χ3v) is 4.99. The fourth-order valence-corrected chi connectivity index (χ4v) is 3.02. The number of H-pyrrole nitrogens is 1. The summed E-state index contributed by atoms with van der Waals surface area (Å²) in [5, 5.41) is 4.89. The molecule has 0 bridgehead atoms. The van der Waals surface area contributed by atoms with Crippen molar-refractivity contribution in [1.82, 2.24) is 15.3 Å². The van der Waals surface area contributed by atoms with Gasteiger partial charge in [0.15, 0.2) is 0 Å². The van der Waals surface area contributed by atoms with Gasteiger partial charge in [0, 0.05) is 33.6 Å². The minimum atomic E-state index is -0.585. The Hall–Kier alpha value is -1.46. The number of allylic oxidation sites excluding steroid dienone is 1. The molecule has 6 heteroatoms. The normalized spacial score (nSPS) is 11.9. The maximum absolute atomic E-state index is 13.7. The zero-order chi connectivity index (χ0) is 18.8. The Morgan fingerprint density at radius 2 is 2.11 bits per heavy atom. The molecule has 136 valence electrons. The molecular formula is C21H22ClFN3Na. The maximum atomic E-state index is 13.7. The van der Waals surface area contributed by atoms with Crippen molar-refractivity contribution in [3.8, 4) is 11.3 Å². The van der Waals surface area contributed by atoms with E-state index >= 15 is 0 Å². The van der Waals surface area contributed by atoms with Crippen LogP contribution in [-0.2, 0) is 6.54 Å². The van der Waals surface area contributed by atoms with E-state index in [1.165, 1.54) is 0 Å². The molecule has 0 fully saturated rings. The summed E-state index contributed by atoms with van der Waals surface area (Å²) in [5.41, 5.74) is 4.42. The first kappa shape index (κ1) is 21.8. The molecule has 1 unspecified atom stereocenters.